The second kappa shape index (κ2) is 5.59. The van der Waals surface area contributed by atoms with Crippen LogP contribution in [0.25, 0.3) is 0 Å². The standard InChI is InChI=1S/C12H14N4OS/c1-16-7-11(6-14-16)18-8-12(17)15-10-4-2-9(13)3-5-10/h2-7H,8,13H2,1H3,(H,15,17). The van der Waals surface area contributed by atoms with Crippen LogP contribution in [0.4, 0.5) is 11.4 Å². The van der Waals surface area contributed by atoms with Crippen molar-refractivity contribution >= 4 is 29.0 Å². The zero-order valence-electron chi connectivity index (χ0n) is 9.96. The maximum Gasteiger partial charge on any atom is 0.234 e. The molecule has 0 aliphatic rings. The van der Waals surface area contributed by atoms with Crippen LogP contribution in [0.3, 0.4) is 0 Å². The lowest BCUT2D eigenvalue weighted by Crippen LogP contribution is -2.13. The van der Waals surface area contributed by atoms with Crippen LogP contribution in [0.2, 0.25) is 0 Å². The van der Waals surface area contributed by atoms with Crippen LogP contribution in [0.1, 0.15) is 0 Å². The van der Waals surface area contributed by atoms with Gasteiger partial charge < -0.3 is 11.1 Å². The van der Waals surface area contributed by atoms with Gasteiger partial charge in [0.1, 0.15) is 0 Å². The monoisotopic (exact) mass is 262 g/mol. The molecule has 1 amide bonds. The molecule has 0 aliphatic heterocycles. The summed E-state index contributed by atoms with van der Waals surface area (Å²) in [6, 6.07) is 7.07. The highest BCUT2D eigenvalue weighted by Gasteiger charge is 2.04. The van der Waals surface area contributed by atoms with Crippen molar-refractivity contribution in [3.05, 3.63) is 36.7 Å². The molecule has 1 aromatic heterocycles. The maximum atomic E-state index is 11.7. The molecule has 0 bridgehead atoms. The van der Waals surface area contributed by atoms with Crippen LogP contribution in [0.15, 0.2) is 41.6 Å². The van der Waals surface area contributed by atoms with E-state index in [-0.39, 0.29) is 5.91 Å². The average Bonchev–Trinajstić information content (AvgIpc) is 2.76. The average molecular weight is 262 g/mol. The lowest BCUT2D eigenvalue weighted by atomic mass is 10.3. The van der Waals surface area contributed by atoms with E-state index >= 15 is 0 Å². The zero-order chi connectivity index (χ0) is 13.0. The number of amides is 1. The summed E-state index contributed by atoms with van der Waals surface area (Å²) < 4.78 is 1.71. The Labute approximate surface area is 109 Å². The molecule has 0 aliphatic carbocycles. The summed E-state index contributed by atoms with van der Waals surface area (Å²) in [5.74, 6) is 0.310. The molecule has 0 spiro atoms. The molecule has 94 valence electrons. The van der Waals surface area contributed by atoms with E-state index in [0.717, 1.165) is 10.6 Å². The van der Waals surface area contributed by atoms with Crippen LogP contribution < -0.4 is 11.1 Å². The predicted octanol–water partition coefficient (Wildman–Crippen LogP) is 1.73. The number of nitrogens with two attached hydrogens (primary N) is 1. The third kappa shape index (κ3) is 3.53. The first-order chi connectivity index (χ1) is 8.63. The molecule has 5 nitrogen and oxygen atoms in total. The van der Waals surface area contributed by atoms with E-state index in [1.54, 1.807) is 35.1 Å². The number of rotatable bonds is 4. The van der Waals surface area contributed by atoms with Crippen molar-refractivity contribution in [1.29, 1.82) is 0 Å². The van der Waals surface area contributed by atoms with Crippen molar-refractivity contribution in [3.8, 4) is 0 Å². The van der Waals surface area contributed by atoms with Gasteiger partial charge in [-0.15, -0.1) is 11.8 Å². The molecular formula is C12H14N4OS. The normalized spacial score (nSPS) is 10.3. The highest BCUT2D eigenvalue weighted by atomic mass is 32.2. The van der Waals surface area contributed by atoms with Crippen LogP contribution in [0, 0.1) is 0 Å². The number of nitrogens with one attached hydrogen (secondary N) is 1. The Kier molecular flexibility index (Phi) is 3.88. The number of hydrogen-bond acceptors (Lipinski definition) is 4. The fourth-order valence-electron chi connectivity index (χ4n) is 1.39. The number of anilines is 2. The largest absolute Gasteiger partial charge is 0.399 e. The lowest BCUT2D eigenvalue weighted by molar-refractivity contribution is -0.113. The third-order valence-electron chi connectivity index (χ3n) is 2.25. The molecule has 0 radical (unpaired) electrons. The van der Waals surface area contributed by atoms with Gasteiger partial charge in [-0.3, -0.25) is 9.48 Å². The number of nitrogen functional groups attached to an aromatic ring is 1. The van der Waals surface area contributed by atoms with Crippen molar-refractivity contribution in [3.63, 3.8) is 0 Å². The second-order valence-corrected chi connectivity index (χ2v) is 4.86. The summed E-state index contributed by atoms with van der Waals surface area (Å²) in [4.78, 5) is 12.7. The van der Waals surface area contributed by atoms with Crippen LogP contribution in [-0.2, 0) is 11.8 Å². The van der Waals surface area contributed by atoms with Gasteiger partial charge in [-0.1, -0.05) is 0 Å². The first-order valence-corrected chi connectivity index (χ1v) is 6.39. The molecule has 0 unspecified atom stereocenters. The van der Waals surface area contributed by atoms with E-state index in [9.17, 15) is 4.79 Å². The molecular weight excluding hydrogens is 248 g/mol. The number of thioether (sulfide) groups is 1. The number of benzene rings is 1. The Bertz CT molecular complexity index is 535. The highest BCUT2D eigenvalue weighted by molar-refractivity contribution is 8.00. The van der Waals surface area contributed by atoms with Gasteiger partial charge in [0, 0.05) is 29.5 Å². The molecule has 0 fully saturated rings. The van der Waals surface area contributed by atoms with Crippen LogP contribution >= 0.6 is 11.8 Å². The van der Waals surface area contributed by atoms with Gasteiger partial charge in [0.25, 0.3) is 0 Å². The Morgan fingerprint density at radius 1 is 1.44 bits per heavy atom. The number of hydrogen-bond donors (Lipinski definition) is 2. The van der Waals surface area contributed by atoms with E-state index in [1.807, 2.05) is 13.2 Å². The minimum absolute atomic E-state index is 0.0476. The molecule has 18 heavy (non-hydrogen) atoms. The lowest BCUT2D eigenvalue weighted by Gasteiger charge is -2.04. The quantitative estimate of drug-likeness (QED) is 0.650. The minimum Gasteiger partial charge on any atom is -0.399 e. The van der Waals surface area contributed by atoms with E-state index in [4.69, 9.17) is 5.73 Å². The SMILES string of the molecule is Cn1cc(SCC(=O)Nc2ccc(N)cc2)cn1. The fourth-order valence-corrected chi connectivity index (χ4v) is 2.10. The molecule has 1 aromatic carbocycles. The number of carbonyl (C=O) groups is 1. The maximum absolute atomic E-state index is 11.7. The van der Waals surface area contributed by atoms with E-state index in [1.165, 1.54) is 11.8 Å². The summed E-state index contributed by atoms with van der Waals surface area (Å²) in [7, 11) is 1.85. The Morgan fingerprint density at radius 3 is 2.78 bits per heavy atom. The van der Waals surface area contributed by atoms with Crippen LogP contribution in [-0.4, -0.2) is 21.4 Å². The first kappa shape index (κ1) is 12.5. The summed E-state index contributed by atoms with van der Waals surface area (Å²) in [5.41, 5.74) is 7.00. The summed E-state index contributed by atoms with van der Waals surface area (Å²) in [6.45, 7) is 0. The van der Waals surface area contributed by atoms with Crippen molar-refractivity contribution in [2.45, 2.75) is 4.90 Å². The van der Waals surface area contributed by atoms with Crippen molar-refractivity contribution in [2.24, 2.45) is 7.05 Å². The van der Waals surface area contributed by atoms with Crippen LogP contribution in [0.5, 0.6) is 0 Å². The number of aryl methyl sites for hydroxylation is 1. The zero-order valence-corrected chi connectivity index (χ0v) is 10.8. The first-order valence-electron chi connectivity index (χ1n) is 5.40. The summed E-state index contributed by atoms with van der Waals surface area (Å²) in [6.07, 6.45) is 3.61. The highest BCUT2D eigenvalue weighted by Crippen LogP contribution is 2.17. The number of nitrogens with zero attached hydrogens (tertiary/aromatic N) is 2. The van der Waals surface area contributed by atoms with Gasteiger partial charge in [0.05, 0.1) is 11.9 Å². The molecule has 0 saturated carbocycles. The molecule has 1 heterocycles. The minimum atomic E-state index is -0.0476. The van der Waals surface area contributed by atoms with Gasteiger partial charge in [-0.05, 0) is 24.3 Å². The Hall–Kier alpha value is -1.95. The van der Waals surface area contributed by atoms with Gasteiger partial charge in [0.2, 0.25) is 5.91 Å². The van der Waals surface area contributed by atoms with E-state index < -0.39 is 0 Å². The molecule has 0 atom stereocenters. The topological polar surface area (TPSA) is 72.9 Å². The number of aromatic nitrogens is 2. The molecule has 6 heteroatoms. The predicted molar refractivity (Wildman–Crippen MR) is 73.4 cm³/mol. The molecule has 0 saturated heterocycles. The molecule has 2 rings (SSSR count). The third-order valence-corrected chi connectivity index (χ3v) is 3.20. The fraction of sp³-hybridized carbons (Fsp3) is 0.167. The van der Waals surface area contributed by atoms with Crippen molar-refractivity contribution in [2.75, 3.05) is 16.8 Å². The summed E-state index contributed by atoms with van der Waals surface area (Å²) in [5, 5.41) is 6.84. The second-order valence-electron chi connectivity index (χ2n) is 3.81. The van der Waals surface area contributed by atoms with E-state index in [0.29, 0.717) is 11.4 Å². The Balaban J connectivity index is 1.83. The van der Waals surface area contributed by atoms with Gasteiger partial charge in [-0.25, -0.2) is 0 Å². The van der Waals surface area contributed by atoms with Gasteiger partial charge in [-0.2, -0.15) is 5.10 Å². The smallest absolute Gasteiger partial charge is 0.234 e. The van der Waals surface area contributed by atoms with Crippen molar-refractivity contribution < 1.29 is 4.79 Å². The molecule has 3 N–H and O–H groups in total. The molecule has 2 aromatic rings. The number of carbonyl (C=O) groups excluding carboxylic acids is 1. The van der Waals surface area contributed by atoms with Gasteiger partial charge in [0.15, 0.2) is 0 Å². The Morgan fingerprint density at radius 2 is 2.17 bits per heavy atom. The summed E-state index contributed by atoms with van der Waals surface area (Å²) >= 11 is 1.45. The van der Waals surface area contributed by atoms with E-state index in [2.05, 4.69) is 10.4 Å². The van der Waals surface area contributed by atoms with Crippen molar-refractivity contribution in [1.82, 2.24) is 9.78 Å². The van der Waals surface area contributed by atoms with Gasteiger partial charge >= 0.3 is 0 Å².